The molecule has 0 aromatic heterocycles. The third-order valence-corrected chi connectivity index (χ3v) is 5.51. The van der Waals surface area contributed by atoms with E-state index >= 15 is 0 Å². The first-order valence-corrected chi connectivity index (χ1v) is 10.7. The van der Waals surface area contributed by atoms with Crippen LogP contribution in [-0.4, -0.2) is 40.9 Å². The molecule has 2 amide bonds. The summed E-state index contributed by atoms with van der Waals surface area (Å²) in [5, 5.41) is 14.4. The van der Waals surface area contributed by atoms with Gasteiger partial charge >= 0.3 is 5.97 Å². The Balaban J connectivity index is 1.39. The molecule has 1 unspecified atom stereocenters. The van der Waals surface area contributed by atoms with Crippen LogP contribution < -0.4 is 10.6 Å². The molecule has 35 heavy (non-hydrogen) atoms. The Morgan fingerprint density at radius 1 is 0.971 bits per heavy atom. The van der Waals surface area contributed by atoms with Crippen LogP contribution in [-0.2, 0) is 9.59 Å². The van der Waals surface area contributed by atoms with Gasteiger partial charge in [-0.15, -0.1) is 0 Å². The van der Waals surface area contributed by atoms with Crippen molar-refractivity contribution in [3.8, 4) is 11.1 Å². The average Bonchev–Trinajstić information content (AvgIpc) is 2.85. The summed E-state index contributed by atoms with van der Waals surface area (Å²) in [5.74, 6) is -4.62. The lowest BCUT2D eigenvalue weighted by atomic mass is 9.94. The number of nitrogens with zero attached hydrogens (tertiary/aromatic N) is 1. The maximum absolute atomic E-state index is 13.1. The minimum Gasteiger partial charge on any atom is -0.480 e. The molecule has 0 spiro atoms. The number of rotatable bonds is 6. The van der Waals surface area contributed by atoms with E-state index in [1.54, 1.807) is 36.4 Å². The molecule has 9 heteroatoms. The highest BCUT2D eigenvalue weighted by molar-refractivity contribution is 6.22. The van der Waals surface area contributed by atoms with E-state index in [1.807, 2.05) is 0 Å². The van der Waals surface area contributed by atoms with Crippen LogP contribution in [0.15, 0.2) is 71.7 Å². The van der Waals surface area contributed by atoms with Gasteiger partial charge in [-0.3, -0.25) is 24.2 Å². The highest BCUT2D eigenvalue weighted by Gasteiger charge is 2.30. The first kappa shape index (κ1) is 23.5. The number of halogens is 1. The van der Waals surface area contributed by atoms with E-state index in [4.69, 9.17) is 5.11 Å². The van der Waals surface area contributed by atoms with Crippen molar-refractivity contribution in [1.29, 1.82) is 0 Å². The number of benzene rings is 3. The Bertz CT molecular complexity index is 1350. The van der Waals surface area contributed by atoms with Crippen LogP contribution >= 0.6 is 0 Å². The van der Waals surface area contributed by atoms with E-state index in [1.165, 1.54) is 37.3 Å². The van der Waals surface area contributed by atoms with Gasteiger partial charge in [0.05, 0.1) is 5.69 Å². The molecule has 1 heterocycles. The van der Waals surface area contributed by atoms with Crippen molar-refractivity contribution in [2.24, 2.45) is 10.9 Å². The third-order valence-electron chi connectivity index (χ3n) is 5.51. The summed E-state index contributed by atoms with van der Waals surface area (Å²) in [5.41, 5.74) is 2.63. The molecule has 3 aromatic carbocycles. The molecular formula is C26H20FN3O5. The number of aliphatic imine (C=N–C) groups is 1. The number of fused-ring (bicyclic) bond motifs is 1. The molecule has 0 radical (unpaired) electrons. The maximum atomic E-state index is 13.1. The fourth-order valence-corrected chi connectivity index (χ4v) is 3.54. The monoisotopic (exact) mass is 473 g/mol. The van der Waals surface area contributed by atoms with Crippen LogP contribution in [0.4, 0.5) is 15.8 Å². The van der Waals surface area contributed by atoms with Crippen molar-refractivity contribution in [3.05, 3.63) is 83.7 Å². The van der Waals surface area contributed by atoms with Gasteiger partial charge in [0, 0.05) is 23.0 Å². The summed E-state index contributed by atoms with van der Waals surface area (Å²) < 4.78 is 13.1. The van der Waals surface area contributed by atoms with Gasteiger partial charge in [-0.05, 0) is 60.5 Å². The summed E-state index contributed by atoms with van der Waals surface area (Å²) >= 11 is 0. The minimum absolute atomic E-state index is 0.0932. The summed E-state index contributed by atoms with van der Waals surface area (Å²) in [4.78, 5) is 52.8. The Morgan fingerprint density at radius 3 is 2.23 bits per heavy atom. The first-order chi connectivity index (χ1) is 16.7. The van der Waals surface area contributed by atoms with Crippen molar-refractivity contribution >= 4 is 41.2 Å². The van der Waals surface area contributed by atoms with E-state index < -0.39 is 35.5 Å². The number of carboxylic acids is 1. The normalized spacial score (nSPS) is 15.1. The molecule has 1 aliphatic heterocycles. The van der Waals surface area contributed by atoms with Crippen molar-refractivity contribution < 1.29 is 28.7 Å². The van der Waals surface area contributed by atoms with Gasteiger partial charge in [0.15, 0.2) is 11.7 Å². The highest BCUT2D eigenvalue weighted by Crippen LogP contribution is 2.29. The third kappa shape index (κ3) is 5.14. The number of anilines is 1. The molecule has 176 valence electrons. The molecule has 0 fully saturated rings. The van der Waals surface area contributed by atoms with Crippen LogP contribution in [0.1, 0.15) is 27.6 Å². The van der Waals surface area contributed by atoms with Crippen molar-refractivity contribution in [2.75, 3.05) is 5.32 Å². The fourth-order valence-electron chi connectivity index (χ4n) is 3.54. The standard InChI is InChI=1S/C26H20FN3O5/c1-14(29-25(33)17-4-2-15(3-5-17)16-6-8-18(27)9-7-16)24(32)30-19-10-11-22-20(12-19)23(31)21(13-28-22)26(34)35/h2-14,21H,1H3,(H,29,33)(H,30,32)(H,34,35)/t14-,21?/m0/s1. The maximum Gasteiger partial charge on any atom is 0.319 e. The lowest BCUT2D eigenvalue weighted by Gasteiger charge is -2.17. The second kappa shape index (κ2) is 9.68. The minimum atomic E-state index is -1.37. The summed E-state index contributed by atoms with van der Waals surface area (Å²) in [6.07, 6.45) is 1.08. The summed E-state index contributed by atoms with van der Waals surface area (Å²) in [6, 6.07) is 16.1. The molecule has 3 N–H and O–H groups in total. The lowest BCUT2D eigenvalue weighted by molar-refractivity contribution is -0.137. The molecule has 0 saturated heterocycles. The zero-order valence-electron chi connectivity index (χ0n) is 18.5. The quantitative estimate of drug-likeness (QED) is 0.469. The van der Waals surface area contributed by atoms with E-state index in [-0.39, 0.29) is 17.1 Å². The highest BCUT2D eigenvalue weighted by atomic mass is 19.1. The molecule has 0 saturated carbocycles. The molecule has 2 atom stereocenters. The number of carboxylic acid groups (broad SMARTS) is 1. The molecule has 0 bridgehead atoms. The van der Waals surface area contributed by atoms with E-state index in [2.05, 4.69) is 15.6 Å². The zero-order chi connectivity index (χ0) is 25.1. The number of Topliss-reactive ketones (excluding diaryl/α,β-unsaturated/α-hetero) is 1. The predicted molar refractivity (Wildman–Crippen MR) is 127 cm³/mol. The van der Waals surface area contributed by atoms with Gasteiger partial charge in [0.2, 0.25) is 5.91 Å². The van der Waals surface area contributed by atoms with E-state index in [0.717, 1.165) is 17.3 Å². The van der Waals surface area contributed by atoms with Crippen LogP contribution in [0.3, 0.4) is 0 Å². The van der Waals surface area contributed by atoms with E-state index in [9.17, 15) is 23.6 Å². The van der Waals surface area contributed by atoms with Gasteiger partial charge in [-0.25, -0.2) is 4.39 Å². The molecule has 8 nitrogen and oxygen atoms in total. The Labute approximate surface area is 199 Å². The van der Waals surface area contributed by atoms with Gasteiger partial charge in [-0.2, -0.15) is 0 Å². The predicted octanol–water partition coefficient (Wildman–Crippen LogP) is 3.85. The van der Waals surface area contributed by atoms with Crippen molar-refractivity contribution in [3.63, 3.8) is 0 Å². The number of ketones is 1. The summed E-state index contributed by atoms with van der Waals surface area (Å²) in [7, 11) is 0. The van der Waals surface area contributed by atoms with E-state index in [0.29, 0.717) is 11.3 Å². The number of carbonyl (C=O) groups is 4. The Hall–Kier alpha value is -4.66. The topological polar surface area (TPSA) is 125 Å². The van der Waals surface area contributed by atoms with Gasteiger partial charge in [0.1, 0.15) is 11.9 Å². The largest absolute Gasteiger partial charge is 0.480 e. The second-order valence-electron chi connectivity index (χ2n) is 7.96. The number of hydrogen-bond acceptors (Lipinski definition) is 5. The molecule has 0 aliphatic carbocycles. The average molecular weight is 473 g/mol. The molecular weight excluding hydrogens is 453 g/mol. The zero-order valence-corrected chi connectivity index (χ0v) is 18.5. The Morgan fingerprint density at radius 2 is 1.60 bits per heavy atom. The Kier molecular flexibility index (Phi) is 6.50. The lowest BCUT2D eigenvalue weighted by Crippen LogP contribution is -2.41. The second-order valence-corrected chi connectivity index (χ2v) is 7.96. The summed E-state index contributed by atoms with van der Waals surface area (Å²) in [6.45, 7) is 1.51. The van der Waals surface area contributed by atoms with Crippen LogP contribution in [0, 0.1) is 11.7 Å². The van der Waals surface area contributed by atoms with Crippen molar-refractivity contribution in [2.45, 2.75) is 13.0 Å². The van der Waals surface area contributed by atoms with Crippen LogP contribution in [0.25, 0.3) is 11.1 Å². The first-order valence-electron chi connectivity index (χ1n) is 10.7. The smallest absolute Gasteiger partial charge is 0.319 e. The van der Waals surface area contributed by atoms with Crippen LogP contribution in [0.2, 0.25) is 0 Å². The molecule has 3 aromatic rings. The van der Waals surface area contributed by atoms with Gasteiger partial charge in [0.25, 0.3) is 5.91 Å². The van der Waals surface area contributed by atoms with Crippen molar-refractivity contribution in [1.82, 2.24) is 5.32 Å². The number of carbonyl (C=O) groups excluding carboxylic acids is 3. The number of aliphatic carboxylic acids is 1. The number of nitrogens with one attached hydrogen (secondary N) is 2. The molecule has 4 rings (SSSR count). The van der Waals surface area contributed by atoms with Gasteiger partial charge in [-0.1, -0.05) is 24.3 Å². The van der Waals surface area contributed by atoms with Crippen LogP contribution in [0.5, 0.6) is 0 Å². The SMILES string of the molecule is C[C@H](NC(=O)c1ccc(-c2ccc(F)cc2)cc1)C(=O)Nc1ccc2c(c1)C(=O)C(C(=O)O)C=N2. The number of amides is 2. The number of hydrogen-bond donors (Lipinski definition) is 3. The molecule has 1 aliphatic rings. The fraction of sp³-hybridized carbons (Fsp3) is 0.115. The van der Waals surface area contributed by atoms with Gasteiger partial charge < -0.3 is 15.7 Å².